The number of aliphatic hydroxyl groups is 1. The lowest BCUT2D eigenvalue weighted by Crippen LogP contribution is -2.11. The topological polar surface area (TPSA) is 59.0 Å². The number of carbonyl (C=O) groups excluding carboxylic acids is 1. The fraction of sp³-hybridized carbons (Fsp3) is 0.0800. The minimum atomic E-state index is -0.987. The van der Waals surface area contributed by atoms with Crippen molar-refractivity contribution in [2.75, 3.05) is 4.90 Å². The average Bonchev–Trinajstić information content (AvgIpc) is 2.80. The summed E-state index contributed by atoms with van der Waals surface area (Å²) in [5.41, 5.74) is 3.77. The fourth-order valence-electron chi connectivity index (χ4n) is 2.84. The minimum absolute atomic E-state index is 0.280. The summed E-state index contributed by atoms with van der Waals surface area (Å²) in [6.07, 6.45) is 1.48. The largest absolute Gasteiger partial charge is 0.423 e. The second-order valence-electron chi connectivity index (χ2n) is 6.39. The number of para-hydroxylation sites is 1. The van der Waals surface area contributed by atoms with Gasteiger partial charge in [0, 0.05) is 23.1 Å². The van der Waals surface area contributed by atoms with Crippen molar-refractivity contribution in [1.82, 2.24) is 0 Å². The maximum absolute atomic E-state index is 11.4. The van der Waals surface area contributed by atoms with E-state index in [-0.39, 0.29) is 6.61 Å². The molecule has 0 saturated carbocycles. The second-order valence-corrected chi connectivity index (χ2v) is 6.39. The highest BCUT2D eigenvalue weighted by Crippen LogP contribution is 2.35. The quantitative estimate of drug-likeness (QED) is 0.174. The van der Waals surface area contributed by atoms with Gasteiger partial charge < -0.3 is 19.5 Å². The molecule has 0 aromatic heterocycles. The van der Waals surface area contributed by atoms with Crippen LogP contribution < -0.4 is 9.64 Å². The lowest BCUT2D eigenvalue weighted by Gasteiger charge is -2.25. The lowest BCUT2D eigenvalue weighted by molar-refractivity contribution is -0.128. The molecule has 0 fully saturated rings. The van der Waals surface area contributed by atoms with Crippen LogP contribution in [0.2, 0.25) is 0 Å². The van der Waals surface area contributed by atoms with Gasteiger partial charge >= 0.3 is 5.97 Å². The summed E-state index contributed by atoms with van der Waals surface area (Å²) in [7, 11) is 0. The minimum Gasteiger partial charge on any atom is -0.423 e. The molecule has 0 heterocycles. The Labute approximate surface area is 176 Å². The molecule has 1 unspecified atom stereocenters. The van der Waals surface area contributed by atoms with Crippen LogP contribution in [0.15, 0.2) is 104 Å². The summed E-state index contributed by atoms with van der Waals surface area (Å²) >= 11 is 0. The first-order valence-corrected chi connectivity index (χ1v) is 9.41. The molecule has 0 saturated heterocycles. The molecule has 0 aliphatic rings. The van der Waals surface area contributed by atoms with Crippen LogP contribution in [-0.4, -0.2) is 17.4 Å². The second kappa shape index (κ2) is 10.2. The van der Waals surface area contributed by atoms with Crippen LogP contribution in [0.5, 0.6) is 5.75 Å². The van der Waals surface area contributed by atoms with E-state index in [9.17, 15) is 9.90 Å². The highest BCUT2D eigenvalue weighted by molar-refractivity contribution is 5.83. The number of ether oxygens (including phenoxy) is 2. The van der Waals surface area contributed by atoms with Crippen LogP contribution in [0.4, 0.5) is 17.1 Å². The van der Waals surface area contributed by atoms with E-state index in [1.165, 1.54) is 6.08 Å². The van der Waals surface area contributed by atoms with E-state index in [0.29, 0.717) is 5.75 Å². The Bertz CT molecular complexity index is 982. The number of benzene rings is 3. The molecule has 5 nitrogen and oxygen atoms in total. The van der Waals surface area contributed by atoms with Gasteiger partial charge in [-0.1, -0.05) is 43.5 Å². The monoisotopic (exact) mass is 401 g/mol. The molecule has 0 aliphatic carbocycles. The zero-order valence-electron chi connectivity index (χ0n) is 16.5. The Kier molecular flexibility index (Phi) is 7.16. The molecular formula is C25H23NO4. The Balaban J connectivity index is 1.87. The Hall–Kier alpha value is -3.67. The Morgan fingerprint density at radius 1 is 0.900 bits per heavy atom. The number of aliphatic hydroxyl groups excluding tert-OH is 1. The van der Waals surface area contributed by atoms with E-state index in [4.69, 9.17) is 9.47 Å². The van der Waals surface area contributed by atoms with E-state index in [1.54, 1.807) is 12.1 Å². The molecular weight excluding hydrogens is 378 g/mol. The number of carbonyl (C=O) groups is 1. The van der Waals surface area contributed by atoms with Crippen LogP contribution in [0, 0.1) is 0 Å². The van der Waals surface area contributed by atoms with Gasteiger partial charge in [0.2, 0.25) is 0 Å². The van der Waals surface area contributed by atoms with Crippen molar-refractivity contribution in [3.63, 3.8) is 0 Å². The van der Waals surface area contributed by atoms with Gasteiger partial charge in [-0.05, 0) is 60.2 Å². The van der Waals surface area contributed by atoms with Crippen LogP contribution >= 0.6 is 0 Å². The highest BCUT2D eigenvalue weighted by atomic mass is 16.6. The molecule has 1 N–H and O–H groups in total. The van der Waals surface area contributed by atoms with Crippen molar-refractivity contribution in [3.8, 4) is 5.75 Å². The number of anilines is 3. The Morgan fingerprint density at radius 3 is 2.03 bits per heavy atom. The molecule has 30 heavy (non-hydrogen) atoms. The van der Waals surface area contributed by atoms with Crippen LogP contribution in [-0.2, 0) is 16.1 Å². The lowest BCUT2D eigenvalue weighted by atomic mass is 10.1. The first-order valence-electron chi connectivity index (χ1n) is 9.41. The van der Waals surface area contributed by atoms with Gasteiger partial charge in [-0.15, -0.1) is 0 Å². The van der Waals surface area contributed by atoms with E-state index in [2.05, 4.69) is 18.1 Å². The Morgan fingerprint density at radius 2 is 1.47 bits per heavy atom. The molecule has 152 valence electrons. The summed E-state index contributed by atoms with van der Waals surface area (Å²) < 4.78 is 10.4. The molecule has 3 aromatic carbocycles. The SMILES string of the molecule is C=CC(=O)Oc1ccc(N(c2ccccc2)c2ccc(COC(O)C=C)cc2)cc1. The number of hydrogen-bond donors (Lipinski definition) is 1. The third-order valence-electron chi connectivity index (χ3n) is 4.31. The summed E-state index contributed by atoms with van der Waals surface area (Å²) in [6, 6.07) is 25.1. The van der Waals surface area contributed by atoms with Gasteiger partial charge in [0.05, 0.1) is 6.61 Å². The van der Waals surface area contributed by atoms with Crippen LogP contribution in [0.1, 0.15) is 5.56 Å². The van der Waals surface area contributed by atoms with Crippen molar-refractivity contribution in [2.45, 2.75) is 12.9 Å². The van der Waals surface area contributed by atoms with Gasteiger partial charge in [0.1, 0.15) is 5.75 Å². The zero-order valence-corrected chi connectivity index (χ0v) is 16.5. The van der Waals surface area contributed by atoms with Crippen LogP contribution in [0.25, 0.3) is 0 Å². The molecule has 5 heteroatoms. The molecule has 0 bridgehead atoms. The molecule has 1 atom stereocenters. The fourth-order valence-corrected chi connectivity index (χ4v) is 2.84. The highest BCUT2D eigenvalue weighted by Gasteiger charge is 2.13. The van der Waals surface area contributed by atoms with Crippen LogP contribution in [0.3, 0.4) is 0 Å². The normalized spacial score (nSPS) is 11.4. The third kappa shape index (κ3) is 5.44. The van der Waals surface area contributed by atoms with Gasteiger partial charge in [-0.2, -0.15) is 0 Å². The van der Waals surface area contributed by atoms with Gasteiger partial charge in [0.15, 0.2) is 6.29 Å². The van der Waals surface area contributed by atoms with Crippen molar-refractivity contribution >= 4 is 23.0 Å². The summed E-state index contributed by atoms with van der Waals surface area (Å²) in [5, 5.41) is 9.47. The van der Waals surface area contributed by atoms with Gasteiger partial charge in [0.25, 0.3) is 0 Å². The third-order valence-corrected chi connectivity index (χ3v) is 4.31. The van der Waals surface area contributed by atoms with Crippen molar-refractivity contribution in [2.24, 2.45) is 0 Å². The molecule has 3 rings (SSSR count). The summed E-state index contributed by atoms with van der Waals surface area (Å²) in [4.78, 5) is 13.5. The molecule has 0 aliphatic heterocycles. The molecule has 0 radical (unpaired) electrons. The van der Waals surface area contributed by atoms with Crippen molar-refractivity contribution < 1.29 is 19.4 Å². The number of nitrogens with zero attached hydrogens (tertiary/aromatic N) is 1. The first-order chi connectivity index (χ1) is 14.6. The van der Waals surface area contributed by atoms with Crippen molar-refractivity contribution in [3.05, 3.63) is 110 Å². The van der Waals surface area contributed by atoms with Gasteiger partial charge in [-0.25, -0.2) is 4.79 Å². The predicted molar refractivity (Wildman–Crippen MR) is 118 cm³/mol. The summed E-state index contributed by atoms with van der Waals surface area (Å²) in [6.45, 7) is 7.18. The predicted octanol–water partition coefficient (Wildman–Crippen LogP) is 5.27. The number of esters is 1. The summed E-state index contributed by atoms with van der Waals surface area (Å²) in [5.74, 6) is -0.0491. The first kappa shape index (κ1) is 21.0. The molecule has 0 spiro atoms. The standard InChI is InChI=1S/C25H23NO4/c1-3-24(27)29-18-19-10-12-21(13-11-19)26(20-8-6-5-7-9-20)22-14-16-23(17-15-22)30-25(28)4-2/h3-17,24,27H,1-2,18H2. The molecule has 0 amide bonds. The van der Waals surface area contributed by atoms with E-state index in [1.807, 2.05) is 66.7 Å². The van der Waals surface area contributed by atoms with E-state index in [0.717, 1.165) is 28.7 Å². The zero-order chi connectivity index (χ0) is 21.3. The maximum Gasteiger partial charge on any atom is 0.335 e. The van der Waals surface area contributed by atoms with E-state index >= 15 is 0 Å². The maximum atomic E-state index is 11.4. The number of rotatable bonds is 9. The van der Waals surface area contributed by atoms with Gasteiger partial charge in [-0.3, -0.25) is 0 Å². The average molecular weight is 401 g/mol. The van der Waals surface area contributed by atoms with E-state index < -0.39 is 12.3 Å². The smallest absolute Gasteiger partial charge is 0.335 e. The number of hydrogen-bond acceptors (Lipinski definition) is 5. The molecule has 3 aromatic rings. The van der Waals surface area contributed by atoms with Crippen molar-refractivity contribution in [1.29, 1.82) is 0 Å².